The van der Waals surface area contributed by atoms with Gasteiger partial charge in [-0.1, -0.05) is 58.4 Å². The van der Waals surface area contributed by atoms with Crippen LogP contribution in [-0.2, 0) is 20.1 Å². The van der Waals surface area contributed by atoms with Gasteiger partial charge >= 0.3 is 0 Å². The Morgan fingerprint density at radius 3 is 2.46 bits per heavy atom. The molecule has 0 saturated heterocycles. The van der Waals surface area contributed by atoms with Gasteiger partial charge in [0.1, 0.15) is 0 Å². The maximum absolute atomic E-state index is 4.88. The molecule has 127 valence electrons. The predicted molar refractivity (Wildman–Crippen MR) is 108 cm³/mol. The number of halogens is 1. The van der Waals surface area contributed by atoms with Crippen LogP contribution in [-0.4, -0.2) is 4.98 Å². The topological polar surface area (TPSA) is 12.9 Å². The molecule has 0 N–H and O–H groups in total. The molecule has 3 aromatic carbocycles. The Bertz CT molecular complexity index is 1150. The van der Waals surface area contributed by atoms with E-state index < -0.39 is 0 Å². The Morgan fingerprint density at radius 1 is 0.808 bits per heavy atom. The van der Waals surface area contributed by atoms with Crippen LogP contribution in [0.15, 0.2) is 71.2 Å². The quantitative estimate of drug-likeness (QED) is 0.216. The molecule has 1 aliphatic carbocycles. The van der Waals surface area contributed by atoms with E-state index in [9.17, 15) is 0 Å². The van der Waals surface area contributed by atoms with Gasteiger partial charge in [0.2, 0.25) is 0 Å². The minimum absolute atomic E-state index is 0. The molecule has 5 rings (SSSR count). The molecule has 3 heteroatoms. The van der Waals surface area contributed by atoms with Crippen LogP contribution in [0, 0.1) is 6.07 Å². The second-order valence-corrected chi connectivity index (χ2v) is 7.09. The van der Waals surface area contributed by atoms with E-state index in [0.29, 0.717) is 0 Å². The second kappa shape index (κ2) is 6.92. The zero-order chi connectivity index (χ0) is 16.8. The largest absolute Gasteiger partial charge is 0.296 e. The second-order valence-electron chi connectivity index (χ2n) is 6.17. The summed E-state index contributed by atoms with van der Waals surface area (Å²) >= 11 is 3.49. The van der Waals surface area contributed by atoms with Crippen LogP contribution in [0.25, 0.3) is 45.4 Å². The summed E-state index contributed by atoms with van der Waals surface area (Å²) in [7, 11) is 0. The predicted octanol–water partition coefficient (Wildman–Crippen LogP) is 6.61. The molecule has 1 aliphatic rings. The number of benzene rings is 3. The average molecular weight is 575 g/mol. The van der Waals surface area contributed by atoms with Crippen LogP contribution in [0.3, 0.4) is 0 Å². The van der Waals surface area contributed by atoms with Gasteiger partial charge in [0, 0.05) is 30.0 Å². The Hall–Kier alpha value is -2.06. The van der Waals surface area contributed by atoms with E-state index in [1.807, 2.05) is 6.07 Å². The van der Waals surface area contributed by atoms with E-state index in [-0.39, 0.29) is 20.1 Å². The van der Waals surface area contributed by atoms with Gasteiger partial charge in [0.15, 0.2) is 0 Å². The number of pyridine rings is 1. The first-order valence-corrected chi connectivity index (χ1v) is 8.97. The first-order valence-electron chi connectivity index (χ1n) is 8.18. The van der Waals surface area contributed by atoms with Crippen molar-refractivity contribution in [3.8, 4) is 22.4 Å². The molecule has 1 radical (unpaired) electrons. The van der Waals surface area contributed by atoms with Crippen molar-refractivity contribution in [3.63, 3.8) is 0 Å². The molecular formula is C23H13BrIrN-. The van der Waals surface area contributed by atoms with Crippen molar-refractivity contribution >= 4 is 39.0 Å². The summed E-state index contributed by atoms with van der Waals surface area (Å²) in [5.41, 5.74) is 7.86. The number of rotatable bonds is 2. The third kappa shape index (κ3) is 2.97. The molecule has 0 spiro atoms. The van der Waals surface area contributed by atoms with Gasteiger partial charge in [0.05, 0.1) is 5.52 Å². The Morgan fingerprint density at radius 2 is 1.62 bits per heavy atom. The first-order chi connectivity index (χ1) is 12.3. The zero-order valence-corrected chi connectivity index (χ0v) is 17.6. The van der Waals surface area contributed by atoms with Crippen LogP contribution >= 0.6 is 15.9 Å². The molecule has 0 atom stereocenters. The van der Waals surface area contributed by atoms with E-state index in [1.165, 1.54) is 27.6 Å². The molecule has 26 heavy (non-hydrogen) atoms. The molecule has 0 bridgehead atoms. The average Bonchev–Trinajstić information content (AvgIpc) is 3.07. The smallest absolute Gasteiger partial charge is 0.0607 e. The molecule has 1 aromatic heterocycles. The number of hydrogen-bond acceptors (Lipinski definition) is 1. The molecular weight excluding hydrogens is 562 g/mol. The van der Waals surface area contributed by atoms with E-state index in [1.54, 1.807) is 0 Å². The maximum atomic E-state index is 4.88. The van der Waals surface area contributed by atoms with Crippen molar-refractivity contribution in [1.29, 1.82) is 0 Å². The third-order valence-electron chi connectivity index (χ3n) is 4.59. The van der Waals surface area contributed by atoms with Crippen molar-refractivity contribution in [2.24, 2.45) is 0 Å². The Balaban J connectivity index is 0.00000168. The summed E-state index contributed by atoms with van der Waals surface area (Å²) in [6, 6.07) is 26.4. The molecule has 1 nitrogen and oxygen atoms in total. The maximum Gasteiger partial charge on any atom is 0.0607 e. The van der Waals surface area contributed by atoms with Gasteiger partial charge in [-0.2, -0.15) is 0 Å². The van der Waals surface area contributed by atoms with E-state index in [0.717, 1.165) is 21.2 Å². The summed E-state index contributed by atoms with van der Waals surface area (Å²) in [5.74, 6) is 0. The summed E-state index contributed by atoms with van der Waals surface area (Å²) in [6.45, 7) is 0. The molecule has 0 fully saturated rings. The van der Waals surface area contributed by atoms with Gasteiger partial charge in [-0.25, -0.2) is 0 Å². The molecule has 0 aliphatic heterocycles. The van der Waals surface area contributed by atoms with E-state index in [4.69, 9.17) is 4.98 Å². The van der Waals surface area contributed by atoms with Crippen molar-refractivity contribution in [1.82, 2.24) is 4.98 Å². The summed E-state index contributed by atoms with van der Waals surface area (Å²) in [4.78, 5) is 4.88. The normalized spacial score (nSPS) is 11.6. The monoisotopic (exact) mass is 575 g/mol. The fourth-order valence-electron chi connectivity index (χ4n) is 3.37. The van der Waals surface area contributed by atoms with Gasteiger partial charge in [-0.3, -0.25) is 4.98 Å². The van der Waals surface area contributed by atoms with Crippen LogP contribution < -0.4 is 0 Å². The summed E-state index contributed by atoms with van der Waals surface area (Å²) in [5, 5.41) is 1.25. The number of nitrogens with zero attached hydrogens (tertiary/aromatic N) is 1. The standard InChI is InChI=1S/C23H13BrN.Ir/c24-20-11-9-15(10-12-20)17-4-1-5-18(13-17)22-14-19-8-7-16-3-2-6-21(25-22)23(16)19;/h1-4,6-14H;/q-1;. The van der Waals surface area contributed by atoms with Crippen molar-refractivity contribution in [2.75, 3.05) is 0 Å². The molecule has 0 unspecified atom stereocenters. The van der Waals surface area contributed by atoms with E-state index >= 15 is 0 Å². The summed E-state index contributed by atoms with van der Waals surface area (Å²) < 4.78 is 1.08. The van der Waals surface area contributed by atoms with Gasteiger partial charge in [0.25, 0.3) is 0 Å². The Kier molecular flexibility index (Phi) is 4.62. The third-order valence-corrected chi connectivity index (χ3v) is 5.12. The minimum atomic E-state index is 0. The van der Waals surface area contributed by atoms with Crippen molar-refractivity contribution in [3.05, 3.63) is 88.4 Å². The van der Waals surface area contributed by atoms with Crippen molar-refractivity contribution < 1.29 is 20.1 Å². The van der Waals surface area contributed by atoms with Crippen LogP contribution in [0.5, 0.6) is 0 Å². The molecule has 0 amide bonds. The molecule has 4 aromatic rings. The zero-order valence-electron chi connectivity index (χ0n) is 13.7. The number of aromatic nitrogens is 1. The van der Waals surface area contributed by atoms with Crippen LogP contribution in [0.4, 0.5) is 0 Å². The van der Waals surface area contributed by atoms with E-state index in [2.05, 4.69) is 94.8 Å². The molecule has 1 heterocycles. The SMILES string of the molecule is Brc1ccc(-c2cc[c-]c(-c3cc4c5c(cccc5n3)C=C4)c2)cc1.[Ir]. The van der Waals surface area contributed by atoms with Gasteiger partial charge in [-0.15, -0.1) is 35.4 Å². The fourth-order valence-corrected chi connectivity index (χ4v) is 3.64. The van der Waals surface area contributed by atoms with Crippen molar-refractivity contribution in [2.45, 2.75) is 0 Å². The summed E-state index contributed by atoms with van der Waals surface area (Å²) in [6.07, 6.45) is 4.33. The fraction of sp³-hybridized carbons (Fsp3) is 0. The van der Waals surface area contributed by atoms with Crippen LogP contribution in [0.1, 0.15) is 11.1 Å². The van der Waals surface area contributed by atoms with Gasteiger partial charge in [-0.05, 0) is 40.6 Å². The number of hydrogen-bond donors (Lipinski definition) is 0. The minimum Gasteiger partial charge on any atom is -0.296 e. The molecule has 0 saturated carbocycles. The van der Waals surface area contributed by atoms with Gasteiger partial charge < -0.3 is 0 Å². The van der Waals surface area contributed by atoms with Crippen LogP contribution in [0.2, 0.25) is 0 Å². The Labute approximate surface area is 174 Å². The first kappa shape index (κ1) is 17.4.